The summed E-state index contributed by atoms with van der Waals surface area (Å²) in [6, 6.07) is 8.41. The summed E-state index contributed by atoms with van der Waals surface area (Å²) in [4.78, 5) is 0. The van der Waals surface area contributed by atoms with Gasteiger partial charge in [-0.2, -0.15) is 0 Å². The third-order valence-corrected chi connectivity index (χ3v) is 3.72. The van der Waals surface area contributed by atoms with Gasteiger partial charge in [0.05, 0.1) is 0 Å². The summed E-state index contributed by atoms with van der Waals surface area (Å²) in [6.07, 6.45) is -1.09. The second kappa shape index (κ2) is 4.97. The van der Waals surface area contributed by atoms with Crippen molar-refractivity contribution in [1.29, 1.82) is 0 Å². The van der Waals surface area contributed by atoms with Gasteiger partial charge in [0.15, 0.2) is 0 Å². The van der Waals surface area contributed by atoms with E-state index < -0.39 is 11.9 Å². The van der Waals surface area contributed by atoms with Crippen LogP contribution in [0.2, 0.25) is 0 Å². The predicted octanol–water partition coefficient (Wildman–Crippen LogP) is 4.41. The molecule has 108 valence electrons. The minimum absolute atomic E-state index is 0.310. The normalized spacial score (nSPS) is 12.8. The molecule has 0 saturated heterocycles. The molecule has 0 amide bonds. The number of aliphatic hydroxyl groups excluding tert-OH is 1. The first-order valence-corrected chi connectivity index (χ1v) is 6.60. The smallest absolute Gasteiger partial charge is 0.141 e. The molecule has 0 fully saturated rings. The summed E-state index contributed by atoms with van der Waals surface area (Å²) in [5.41, 5.74) is 2.35. The fourth-order valence-corrected chi connectivity index (χ4v) is 2.52. The van der Waals surface area contributed by atoms with E-state index in [-0.39, 0.29) is 5.82 Å². The van der Waals surface area contributed by atoms with Crippen molar-refractivity contribution in [1.82, 2.24) is 0 Å². The van der Waals surface area contributed by atoms with Crippen molar-refractivity contribution in [2.75, 3.05) is 0 Å². The molecule has 1 N–H and O–H groups in total. The Hall–Kier alpha value is -2.20. The summed E-state index contributed by atoms with van der Waals surface area (Å²) in [5, 5.41) is 11.1. The highest BCUT2D eigenvalue weighted by atomic mass is 19.1. The molecule has 0 saturated carbocycles. The maximum atomic E-state index is 13.4. The lowest BCUT2D eigenvalue weighted by atomic mass is 9.99. The molecule has 0 spiro atoms. The summed E-state index contributed by atoms with van der Waals surface area (Å²) >= 11 is 0. The van der Waals surface area contributed by atoms with E-state index in [1.807, 2.05) is 0 Å². The zero-order valence-electron chi connectivity index (χ0n) is 11.7. The zero-order valence-corrected chi connectivity index (χ0v) is 11.7. The van der Waals surface area contributed by atoms with Crippen LogP contribution in [0.15, 0.2) is 40.8 Å². The standard InChI is InChI=1S/C17H14F2O2/c1-9-3-4-11(18)7-13(9)16(20)17-10(2)14-8-12(19)5-6-15(14)21-17/h3-8,16,20H,1-2H3. The molecular weight excluding hydrogens is 274 g/mol. The molecule has 0 aliphatic carbocycles. The largest absolute Gasteiger partial charge is 0.458 e. The maximum Gasteiger partial charge on any atom is 0.141 e. The van der Waals surface area contributed by atoms with Crippen molar-refractivity contribution in [3.63, 3.8) is 0 Å². The van der Waals surface area contributed by atoms with Crippen LogP contribution in [-0.4, -0.2) is 5.11 Å². The van der Waals surface area contributed by atoms with Crippen molar-refractivity contribution in [2.24, 2.45) is 0 Å². The van der Waals surface area contributed by atoms with Crippen LogP contribution < -0.4 is 0 Å². The Morgan fingerprint density at radius 1 is 1.00 bits per heavy atom. The van der Waals surface area contributed by atoms with E-state index in [0.717, 1.165) is 5.56 Å². The number of halogens is 2. The van der Waals surface area contributed by atoms with Crippen molar-refractivity contribution in [3.05, 3.63) is 70.5 Å². The Labute approximate surface area is 120 Å². The van der Waals surface area contributed by atoms with Crippen LogP contribution in [0.1, 0.15) is 28.6 Å². The molecule has 21 heavy (non-hydrogen) atoms. The minimum atomic E-state index is -1.09. The first kappa shape index (κ1) is 13.8. The van der Waals surface area contributed by atoms with Gasteiger partial charge < -0.3 is 9.52 Å². The van der Waals surface area contributed by atoms with E-state index in [1.54, 1.807) is 19.9 Å². The summed E-state index contributed by atoms with van der Waals surface area (Å²) in [7, 11) is 0. The van der Waals surface area contributed by atoms with Crippen LogP contribution >= 0.6 is 0 Å². The Bertz CT molecular complexity index is 821. The van der Waals surface area contributed by atoms with Gasteiger partial charge in [-0.1, -0.05) is 6.07 Å². The third-order valence-electron chi connectivity index (χ3n) is 3.72. The van der Waals surface area contributed by atoms with Gasteiger partial charge in [-0.15, -0.1) is 0 Å². The van der Waals surface area contributed by atoms with Gasteiger partial charge in [-0.05, 0) is 55.3 Å². The van der Waals surface area contributed by atoms with Gasteiger partial charge in [-0.3, -0.25) is 0 Å². The molecule has 2 aromatic carbocycles. The molecule has 3 rings (SSSR count). The van der Waals surface area contributed by atoms with Crippen molar-refractivity contribution >= 4 is 11.0 Å². The van der Waals surface area contributed by atoms with Crippen LogP contribution in [0, 0.1) is 25.5 Å². The lowest BCUT2D eigenvalue weighted by Crippen LogP contribution is -2.03. The fourth-order valence-electron chi connectivity index (χ4n) is 2.52. The lowest BCUT2D eigenvalue weighted by molar-refractivity contribution is 0.190. The van der Waals surface area contributed by atoms with Gasteiger partial charge >= 0.3 is 0 Å². The first-order chi connectivity index (χ1) is 9.97. The van der Waals surface area contributed by atoms with Crippen LogP contribution in [0.4, 0.5) is 8.78 Å². The number of aryl methyl sites for hydroxylation is 2. The molecule has 0 aliphatic heterocycles. The molecule has 0 radical (unpaired) electrons. The number of fused-ring (bicyclic) bond motifs is 1. The Morgan fingerprint density at radius 3 is 2.43 bits per heavy atom. The Balaban J connectivity index is 2.15. The number of aliphatic hydroxyl groups is 1. The molecule has 2 nitrogen and oxygen atoms in total. The molecule has 4 heteroatoms. The molecule has 1 atom stereocenters. The number of hydrogen-bond donors (Lipinski definition) is 1. The number of hydrogen-bond acceptors (Lipinski definition) is 2. The van der Waals surface area contributed by atoms with E-state index in [2.05, 4.69) is 0 Å². The van der Waals surface area contributed by atoms with Gasteiger partial charge in [0.2, 0.25) is 0 Å². The van der Waals surface area contributed by atoms with E-state index in [1.165, 1.54) is 30.3 Å². The van der Waals surface area contributed by atoms with Crippen LogP contribution in [0.25, 0.3) is 11.0 Å². The predicted molar refractivity (Wildman–Crippen MR) is 76.1 cm³/mol. The Kier molecular flexibility index (Phi) is 3.26. The number of rotatable bonds is 2. The van der Waals surface area contributed by atoms with Crippen LogP contribution in [-0.2, 0) is 0 Å². The molecule has 0 bridgehead atoms. The summed E-state index contributed by atoms with van der Waals surface area (Å²) < 4.78 is 32.3. The molecule has 0 aliphatic rings. The average Bonchev–Trinajstić information content (AvgIpc) is 2.78. The first-order valence-electron chi connectivity index (χ1n) is 6.60. The van der Waals surface area contributed by atoms with Gasteiger partial charge in [0.25, 0.3) is 0 Å². The monoisotopic (exact) mass is 288 g/mol. The van der Waals surface area contributed by atoms with E-state index >= 15 is 0 Å². The van der Waals surface area contributed by atoms with Gasteiger partial charge in [-0.25, -0.2) is 8.78 Å². The van der Waals surface area contributed by atoms with E-state index in [4.69, 9.17) is 4.42 Å². The maximum absolute atomic E-state index is 13.4. The van der Waals surface area contributed by atoms with E-state index in [9.17, 15) is 13.9 Å². The molecule has 3 aromatic rings. The van der Waals surface area contributed by atoms with E-state index in [0.29, 0.717) is 27.9 Å². The van der Waals surface area contributed by atoms with Crippen LogP contribution in [0.5, 0.6) is 0 Å². The number of furan rings is 1. The Morgan fingerprint density at radius 2 is 1.67 bits per heavy atom. The minimum Gasteiger partial charge on any atom is -0.458 e. The molecular formula is C17H14F2O2. The van der Waals surface area contributed by atoms with Crippen LogP contribution in [0.3, 0.4) is 0 Å². The van der Waals surface area contributed by atoms with Crippen molar-refractivity contribution in [2.45, 2.75) is 20.0 Å². The zero-order chi connectivity index (χ0) is 15.1. The quantitative estimate of drug-likeness (QED) is 0.757. The highest BCUT2D eigenvalue weighted by molar-refractivity contribution is 5.82. The number of benzene rings is 2. The molecule has 1 unspecified atom stereocenters. The topological polar surface area (TPSA) is 33.4 Å². The average molecular weight is 288 g/mol. The third kappa shape index (κ3) is 2.32. The molecule has 1 heterocycles. The second-order valence-electron chi connectivity index (χ2n) is 5.14. The van der Waals surface area contributed by atoms with Crippen molar-refractivity contribution < 1.29 is 18.3 Å². The lowest BCUT2D eigenvalue weighted by Gasteiger charge is -2.12. The molecule has 1 aromatic heterocycles. The van der Waals surface area contributed by atoms with Crippen molar-refractivity contribution in [3.8, 4) is 0 Å². The highest BCUT2D eigenvalue weighted by Gasteiger charge is 2.22. The summed E-state index contributed by atoms with van der Waals surface area (Å²) in [6.45, 7) is 3.54. The van der Waals surface area contributed by atoms with Gasteiger partial charge in [0, 0.05) is 10.9 Å². The summed E-state index contributed by atoms with van der Waals surface area (Å²) in [5.74, 6) is -0.479. The SMILES string of the molecule is Cc1ccc(F)cc1C(O)c1oc2ccc(F)cc2c1C. The fraction of sp³-hybridized carbons (Fsp3) is 0.176. The van der Waals surface area contributed by atoms with Gasteiger partial charge in [0.1, 0.15) is 29.1 Å². The highest BCUT2D eigenvalue weighted by Crippen LogP contribution is 2.34. The second-order valence-corrected chi connectivity index (χ2v) is 5.14.